The number of hydrogen-bond acceptors (Lipinski definition) is 5. The summed E-state index contributed by atoms with van der Waals surface area (Å²) in [7, 11) is 1.64. The molecule has 1 saturated heterocycles. The van der Waals surface area contributed by atoms with Crippen LogP contribution in [0.3, 0.4) is 0 Å². The fraction of sp³-hybridized carbons (Fsp3) is 0.500. The van der Waals surface area contributed by atoms with E-state index >= 15 is 0 Å². The Balaban J connectivity index is 1.53. The lowest BCUT2D eigenvalue weighted by Gasteiger charge is -2.23. The summed E-state index contributed by atoms with van der Waals surface area (Å²) in [5, 5.41) is 5.59. The second kappa shape index (κ2) is 8.87. The van der Waals surface area contributed by atoms with Crippen LogP contribution in [0.15, 0.2) is 18.2 Å². The van der Waals surface area contributed by atoms with Crippen LogP contribution in [0, 0.1) is 32.5 Å². The molecular weight excluding hydrogens is 453 g/mol. The van der Waals surface area contributed by atoms with E-state index in [1.165, 1.54) is 18.2 Å². The van der Waals surface area contributed by atoms with Gasteiger partial charge in [-0.1, -0.05) is 6.92 Å². The van der Waals surface area contributed by atoms with E-state index in [0.29, 0.717) is 34.5 Å². The lowest BCUT2D eigenvalue weighted by Crippen LogP contribution is -2.46. The summed E-state index contributed by atoms with van der Waals surface area (Å²) < 4.78 is 27.1. The maximum Gasteiger partial charge on any atom is 0.294 e. The van der Waals surface area contributed by atoms with Crippen LogP contribution < -0.4 is 10.6 Å². The number of ether oxygens (including phenoxy) is 2. The SMILES string of the molecule is Cc1cc(NC(=O)c2c(C)c(C(=O)C(=O)N[C@@H]3C[C@H](C)[C@H]4OC(C)(C)O[C@H]43)n(C)c2C)ccc1F. The highest BCUT2D eigenvalue weighted by Crippen LogP contribution is 2.41. The smallest absolute Gasteiger partial charge is 0.294 e. The third-order valence-electron chi connectivity index (χ3n) is 7.06. The summed E-state index contributed by atoms with van der Waals surface area (Å²) in [6, 6.07) is 3.94. The van der Waals surface area contributed by atoms with Gasteiger partial charge in [-0.05, 0) is 76.3 Å². The molecule has 8 nitrogen and oxygen atoms in total. The summed E-state index contributed by atoms with van der Waals surface area (Å²) in [6.07, 6.45) is 0.170. The fourth-order valence-electron chi connectivity index (χ4n) is 5.27. The van der Waals surface area contributed by atoms with Gasteiger partial charge in [0.25, 0.3) is 17.6 Å². The van der Waals surface area contributed by atoms with Crippen molar-refractivity contribution in [3.63, 3.8) is 0 Å². The molecule has 2 amide bonds. The molecule has 2 aromatic rings. The van der Waals surface area contributed by atoms with E-state index in [1.807, 2.05) is 20.8 Å². The third kappa shape index (κ3) is 4.50. The van der Waals surface area contributed by atoms with Crippen molar-refractivity contribution in [1.82, 2.24) is 9.88 Å². The highest BCUT2D eigenvalue weighted by Gasteiger charge is 2.53. The molecule has 1 saturated carbocycles. The van der Waals surface area contributed by atoms with Gasteiger partial charge in [-0.2, -0.15) is 0 Å². The van der Waals surface area contributed by atoms with Crippen LogP contribution in [0.4, 0.5) is 10.1 Å². The van der Waals surface area contributed by atoms with Gasteiger partial charge in [-0.15, -0.1) is 0 Å². The number of Topliss-reactive ketones (excluding diaryl/α,β-unsaturated/α-hetero) is 1. The third-order valence-corrected chi connectivity index (χ3v) is 7.06. The van der Waals surface area contributed by atoms with Gasteiger partial charge in [0, 0.05) is 18.4 Å². The number of nitrogens with one attached hydrogen (secondary N) is 2. The Morgan fingerprint density at radius 2 is 1.77 bits per heavy atom. The number of aromatic nitrogens is 1. The first kappa shape index (κ1) is 25.1. The Labute approximate surface area is 204 Å². The standard InChI is InChI=1S/C26H32FN3O5/c1-12-10-16(8-9-17(12)27)28-24(32)19-14(3)20(30(7)15(19)4)21(31)25(33)29-18-11-13(2)22-23(18)35-26(5,6)34-22/h8-10,13,18,22-23H,11H2,1-7H3,(H,28,32)(H,29,33)/t13-,18+,22+,23-/m0/s1. The van der Waals surface area contributed by atoms with Crippen molar-refractivity contribution < 1.29 is 28.2 Å². The summed E-state index contributed by atoms with van der Waals surface area (Å²) in [6.45, 7) is 10.7. The molecule has 2 fully saturated rings. The van der Waals surface area contributed by atoms with E-state index in [9.17, 15) is 18.8 Å². The first-order valence-corrected chi connectivity index (χ1v) is 11.7. The minimum Gasteiger partial charge on any atom is -0.344 e. The van der Waals surface area contributed by atoms with Crippen LogP contribution in [0.1, 0.15) is 64.9 Å². The van der Waals surface area contributed by atoms with Gasteiger partial charge < -0.3 is 24.7 Å². The number of hydrogen-bond donors (Lipinski definition) is 2. The summed E-state index contributed by atoms with van der Waals surface area (Å²) >= 11 is 0. The number of nitrogens with zero attached hydrogens (tertiary/aromatic N) is 1. The molecule has 1 aliphatic carbocycles. The van der Waals surface area contributed by atoms with Gasteiger partial charge in [-0.3, -0.25) is 14.4 Å². The number of amides is 2. The van der Waals surface area contributed by atoms with Gasteiger partial charge in [0.05, 0.1) is 23.4 Å². The van der Waals surface area contributed by atoms with Gasteiger partial charge in [0.15, 0.2) is 5.79 Å². The highest BCUT2D eigenvalue weighted by molar-refractivity contribution is 6.43. The average molecular weight is 486 g/mol. The van der Waals surface area contributed by atoms with Crippen molar-refractivity contribution >= 4 is 23.3 Å². The van der Waals surface area contributed by atoms with E-state index < -0.39 is 23.4 Å². The number of fused-ring (bicyclic) bond motifs is 1. The summed E-state index contributed by atoms with van der Waals surface area (Å²) in [5.41, 5.74) is 2.23. The Kier molecular flexibility index (Phi) is 6.36. The lowest BCUT2D eigenvalue weighted by molar-refractivity contribution is -0.158. The minimum absolute atomic E-state index is 0.144. The molecule has 2 heterocycles. The Hall–Kier alpha value is -3.04. The topological polar surface area (TPSA) is 98.7 Å². The van der Waals surface area contributed by atoms with Crippen molar-refractivity contribution in [2.24, 2.45) is 13.0 Å². The van der Waals surface area contributed by atoms with E-state index in [-0.39, 0.29) is 35.7 Å². The number of ketones is 1. The zero-order chi connectivity index (χ0) is 25.8. The first-order chi connectivity index (χ1) is 16.3. The Bertz CT molecular complexity index is 1220. The van der Waals surface area contributed by atoms with Crippen LogP contribution in [0.5, 0.6) is 0 Å². The van der Waals surface area contributed by atoms with Gasteiger partial charge in [0.2, 0.25) is 0 Å². The molecular formula is C26H32FN3O5. The monoisotopic (exact) mass is 485 g/mol. The summed E-state index contributed by atoms with van der Waals surface area (Å²) in [4.78, 5) is 39.3. The normalized spacial score (nSPS) is 24.8. The molecule has 1 aromatic carbocycles. The zero-order valence-electron chi connectivity index (χ0n) is 21.1. The molecule has 35 heavy (non-hydrogen) atoms. The number of rotatable bonds is 5. The molecule has 0 spiro atoms. The molecule has 4 rings (SSSR count). The Morgan fingerprint density at radius 1 is 1.11 bits per heavy atom. The molecule has 1 aliphatic heterocycles. The summed E-state index contributed by atoms with van der Waals surface area (Å²) in [5.74, 6) is -2.84. The first-order valence-electron chi connectivity index (χ1n) is 11.7. The van der Waals surface area contributed by atoms with Crippen molar-refractivity contribution in [3.05, 3.63) is 52.1 Å². The molecule has 188 valence electrons. The van der Waals surface area contributed by atoms with Crippen molar-refractivity contribution in [2.45, 2.75) is 72.0 Å². The van der Waals surface area contributed by atoms with Crippen LogP contribution in [-0.2, 0) is 21.3 Å². The molecule has 0 radical (unpaired) electrons. The maximum absolute atomic E-state index is 13.6. The van der Waals surface area contributed by atoms with Gasteiger partial charge in [0.1, 0.15) is 11.9 Å². The number of anilines is 1. The van der Waals surface area contributed by atoms with Crippen molar-refractivity contribution in [2.75, 3.05) is 5.32 Å². The number of carbonyl (C=O) groups is 3. The lowest BCUT2D eigenvalue weighted by atomic mass is 10.1. The molecule has 2 N–H and O–H groups in total. The highest BCUT2D eigenvalue weighted by atomic mass is 19.1. The van der Waals surface area contributed by atoms with Gasteiger partial charge in [-0.25, -0.2) is 4.39 Å². The molecule has 0 bridgehead atoms. The molecule has 2 aliphatic rings. The van der Waals surface area contributed by atoms with E-state index in [0.717, 1.165) is 0 Å². The van der Waals surface area contributed by atoms with Crippen LogP contribution in [0.2, 0.25) is 0 Å². The number of halogens is 1. The maximum atomic E-state index is 13.6. The molecule has 4 atom stereocenters. The van der Waals surface area contributed by atoms with Crippen LogP contribution in [0.25, 0.3) is 0 Å². The minimum atomic E-state index is -0.749. The fourth-order valence-corrected chi connectivity index (χ4v) is 5.27. The van der Waals surface area contributed by atoms with Crippen LogP contribution >= 0.6 is 0 Å². The Morgan fingerprint density at radius 3 is 2.43 bits per heavy atom. The number of aryl methyl sites for hydroxylation is 1. The zero-order valence-corrected chi connectivity index (χ0v) is 21.1. The second-order valence-corrected chi connectivity index (χ2v) is 10.1. The van der Waals surface area contributed by atoms with Crippen molar-refractivity contribution in [3.8, 4) is 0 Å². The number of benzene rings is 1. The van der Waals surface area contributed by atoms with E-state index in [2.05, 4.69) is 10.6 Å². The second-order valence-electron chi connectivity index (χ2n) is 10.1. The molecule has 0 unspecified atom stereocenters. The predicted molar refractivity (Wildman–Crippen MR) is 128 cm³/mol. The average Bonchev–Trinajstić information content (AvgIpc) is 3.32. The molecule has 9 heteroatoms. The van der Waals surface area contributed by atoms with E-state index in [1.54, 1.807) is 32.4 Å². The largest absolute Gasteiger partial charge is 0.344 e. The predicted octanol–water partition coefficient (Wildman–Crippen LogP) is 3.57. The number of carbonyl (C=O) groups excluding carboxylic acids is 3. The molecule has 1 aromatic heterocycles. The van der Waals surface area contributed by atoms with Crippen LogP contribution in [-0.4, -0.2) is 46.2 Å². The van der Waals surface area contributed by atoms with Crippen molar-refractivity contribution in [1.29, 1.82) is 0 Å². The van der Waals surface area contributed by atoms with Gasteiger partial charge >= 0.3 is 0 Å². The van der Waals surface area contributed by atoms with E-state index in [4.69, 9.17) is 9.47 Å². The quantitative estimate of drug-likeness (QED) is 0.498.